The Kier molecular flexibility index (Phi) is 2.44. The zero-order valence-electron chi connectivity index (χ0n) is 6.78. The average Bonchev–Trinajstić information content (AvgIpc) is 2.17. The molecule has 1 aromatic rings. The monoisotopic (exact) mass is 159 g/mol. The summed E-state index contributed by atoms with van der Waals surface area (Å²) >= 11 is 0. The molecule has 0 saturated heterocycles. The highest BCUT2D eigenvalue weighted by Gasteiger charge is 1.95. The molecule has 60 valence electrons. The van der Waals surface area contributed by atoms with Crippen LogP contribution in [0.3, 0.4) is 0 Å². The number of hydrazone groups is 1. The number of nitriles is 1. The van der Waals surface area contributed by atoms with Crippen LogP contribution in [0.25, 0.3) is 0 Å². The van der Waals surface area contributed by atoms with Crippen molar-refractivity contribution in [2.45, 2.75) is 6.92 Å². The maximum Gasteiger partial charge on any atom is 0.0991 e. The molecule has 3 nitrogen and oxygen atoms in total. The molecule has 0 fully saturated rings. The summed E-state index contributed by atoms with van der Waals surface area (Å²) in [6.45, 7) is 1.82. The number of benzene rings is 1. The van der Waals surface area contributed by atoms with Crippen molar-refractivity contribution >= 4 is 5.71 Å². The summed E-state index contributed by atoms with van der Waals surface area (Å²) in [5.41, 5.74) is 2.35. The third-order valence-electron chi connectivity index (χ3n) is 1.63. The highest BCUT2D eigenvalue weighted by Crippen LogP contribution is 2.03. The lowest BCUT2D eigenvalue weighted by Gasteiger charge is -1.97. The van der Waals surface area contributed by atoms with E-state index >= 15 is 0 Å². The fraction of sp³-hybridized carbons (Fsp3) is 0.111. The number of nitrogens with zero attached hydrogens (tertiary/aromatic N) is 2. The molecule has 0 amide bonds. The van der Waals surface area contributed by atoms with Crippen LogP contribution in [0.1, 0.15) is 18.1 Å². The van der Waals surface area contributed by atoms with E-state index in [9.17, 15) is 0 Å². The first-order chi connectivity index (χ1) is 5.77. The Bertz CT molecular complexity index is 330. The van der Waals surface area contributed by atoms with Gasteiger partial charge in [-0.1, -0.05) is 12.1 Å². The zero-order valence-corrected chi connectivity index (χ0v) is 6.78. The van der Waals surface area contributed by atoms with Crippen molar-refractivity contribution in [2.24, 2.45) is 10.9 Å². The van der Waals surface area contributed by atoms with Crippen LogP contribution in [0, 0.1) is 11.3 Å². The Balaban J connectivity index is 3.02. The van der Waals surface area contributed by atoms with Crippen LogP contribution in [0.2, 0.25) is 0 Å². The Labute approximate surface area is 71.1 Å². The minimum absolute atomic E-state index is 0.642. The normalized spacial score (nSPS) is 10.8. The third-order valence-corrected chi connectivity index (χ3v) is 1.63. The van der Waals surface area contributed by atoms with Crippen molar-refractivity contribution in [1.82, 2.24) is 0 Å². The number of hydrogen-bond donors (Lipinski definition) is 1. The smallest absolute Gasteiger partial charge is 0.0991 e. The van der Waals surface area contributed by atoms with E-state index in [2.05, 4.69) is 5.10 Å². The molecule has 0 heterocycles. The maximum atomic E-state index is 8.52. The van der Waals surface area contributed by atoms with Gasteiger partial charge in [0.15, 0.2) is 0 Å². The van der Waals surface area contributed by atoms with Crippen LogP contribution >= 0.6 is 0 Å². The van der Waals surface area contributed by atoms with Crippen LogP contribution in [0.15, 0.2) is 29.4 Å². The second-order valence-corrected chi connectivity index (χ2v) is 2.40. The Morgan fingerprint density at radius 3 is 2.42 bits per heavy atom. The van der Waals surface area contributed by atoms with E-state index in [-0.39, 0.29) is 0 Å². The van der Waals surface area contributed by atoms with Crippen molar-refractivity contribution < 1.29 is 0 Å². The lowest BCUT2D eigenvalue weighted by molar-refractivity contribution is 1.24. The van der Waals surface area contributed by atoms with Gasteiger partial charge in [-0.2, -0.15) is 10.4 Å². The van der Waals surface area contributed by atoms with Gasteiger partial charge in [-0.3, -0.25) is 0 Å². The summed E-state index contributed by atoms with van der Waals surface area (Å²) in [5, 5.41) is 12.1. The second-order valence-electron chi connectivity index (χ2n) is 2.40. The third kappa shape index (κ3) is 1.61. The van der Waals surface area contributed by atoms with Gasteiger partial charge in [0.05, 0.1) is 17.3 Å². The van der Waals surface area contributed by atoms with Crippen molar-refractivity contribution in [2.75, 3.05) is 0 Å². The van der Waals surface area contributed by atoms with Crippen LogP contribution in [0.4, 0.5) is 0 Å². The van der Waals surface area contributed by atoms with Gasteiger partial charge in [0.2, 0.25) is 0 Å². The highest BCUT2D eigenvalue weighted by molar-refractivity contribution is 5.98. The summed E-state index contributed by atoms with van der Waals surface area (Å²) in [6.07, 6.45) is 0. The molecule has 1 aromatic carbocycles. The topological polar surface area (TPSA) is 62.2 Å². The number of rotatable bonds is 1. The van der Waals surface area contributed by atoms with Gasteiger partial charge < -0.3 is 5.84 Å². The molecule has 0 radical (unpaired) electrons. The van der Waals surface area contributed by atoms with Gasteiger partial charge in [-0.25, -0.2) is 0 Å². The first-order valence-corrected chi connectivity index (χ1v) is 3.53. The van der Waals surface area contributed by atoms with Crippen molar-refractivity contribution in [3.8, 4) is 6.07 Å². The average molecular weight is 159 g/mol. The van der Waals surface area contributed by atoms with E-state index in [1.807, 2.05) is 25.1 Å². The Morgan fingerprint density at radius 1 is 1.42 bits per heavy atom. The number of nitrogens with two attached hydrogens (primary N) is 1. The summed E-state index contributed by atoms with van der Waals surface area (Å²) < 4.78 is 0. The van der Waals surface area contributed by atoms with Crippen molar-refractivity contribution in [1.29, 1.82) is 5.26 Å². The van der Waals surface area contributed by atoms with E-state index < -0.39 is 0 Å². The van der Waals surface area contributed by atoms with Gasteiger partial charge >= 0.3 is 0 Å². The highest BCUT2D eigenvalue weighted by atomic mass is 15.1. The van der Waals surface area contributed by atoms with Gasteiger partial charge in [0, 0.05) is 0 Å². The lowest BCUT2D eigenvalue weighted by Crippen LogP contribution is -1.98. The van der Waals surface area contributed by atoms with Crippen molar-refractivity contribution in [3.05, 3.63) is 35.4 Å². The molecule has 0 atom stereocenters. The molecule has 0 aliphatic carbocycles. The van der Waals surface area contributed by atoms with E-state index in [4.69, 9.17) is 11.1 Å². The van der Waals surface area contributed by atoms with Crippen LogP contribution in [0.5, 0.6) is 0 Å². The van der Waals surface area contributed by atoms with Crippen molar-refractivity contribution in [3.63, 3.8) is 0 Å². The van der Waals surface area contributed by atoms with Gasteiger partial charge in [0.25, 0.3) is 0 Å². The number of hydrogen-bond acceptors (Lipinski definition) is 3. The fourth-order valence-corrected chi connectivity index (χ4v) is 0.861. The maximum absolute atomic E-state index is 8.52. The van der Waals surface area contributed by atoms with E-state index in [0.717, 1.165) is 11.3 Å². The molecule has 0 bridgehead atoms. The summed E-state index contributed by atoms with van der Waals surface area (Å²) in [4.78, 5) is 0. The minimum Gasteiger partial charge on any atom is -0.323 e. The van der Waals surface area contributed by atoms with E-state index in [1.54, 1.807) is 12.1 Å². The second kappa shape index (κ2) is 3.54. The SMILES string of the molecule is CC(=NN)c1ccc(C#N)cc1. The molecule has 0 unspecified atom stereocenters. The van der Waals surface area contributed by atoms with Crippen LogP contribution < -0.4 is 5.84 Å². The molecule has 2 N–H and O–H groups in total. The molecular weight excluding hydrogens is 150 g/mol. The molecule has 12 heavy (non-hydrogen) atoms. The lowest BCUT2D eigenvalue weighted by atomic mass is 10.1. The van der Waals surface area contributed by atoms with E-state index in [1.165, 1.54) is 0 Å². The Morgan fingerprint density at radius 2 is 2.00 bits per heavy atom. The summed E-state index contributed by atoms with van der Waals surface area (Å²) in [6, 6.07) is 9.17. The first kappa shape index (κ1) is 8.28. The molecule has 0 aliphatic rings. The largest absolute Gasteiger partial charge is 0.323 e. The molecule has 0 saturated carbocycles. The standard InChI is InChI=1S/C9H9N3/c1-7(12-11)9-4-2-8(6-10)3-5-9/h2-5H,11H2,1H3. The van der Waals surface area contributed by atoms with Crippen LogP contribution in [-0.2, 0) is 0 Å². The predicted molar refractivity (Wildman–Crippen MR) is 47.6 cm³/mol. The van der Waals surface area contributed by atoms with Gasteiger partial charge in [-0.15, -0.1) is 0 Å². The molecule has 1 rings (SSSR count). The molecular formula is C9H9N3. The molecule has 3 heteroatoms. The van der Waals surface area contributed by atoms with Gasteiger partial charge in [-0.05, 0) is 24.6 Å². The molecule has 0 spiro atoms. The zero-order chi connectivity index (χ0) is 8.97. The van der Waals surface area contributed by atoms with E-state index in [0.29, 0.717) is 5.56 Å². The molecule has 0 aliphatic heterocycles. The van der Waals surface area contributed by atoms with Crippen LogP contribution in [-0.4, -0.2) is 5.71 Å². The quantitative estimate of drug-likeness (QED) is 0.380. The molecule has 0 aromatic heterocycles. The minimum atomic E-state index is 0.642. The summed E-state index contributed by atoms with van der Waals surface area (Å²) in [5.74, 6) is 5.10. The van der Waals surface area contributed by atoms with Gasteiger partial charge in [0.1, 0.15) is 0 Å². The fourth-order valence-electron chi connectivity index (χ4n) is 0.861. The Hall–Kier alpha value is -1.82. The predicted octanol–water partition coefficient (Wildman–Crippen LogP) is 1.24. The summed E-state index contributed by atoms with van der Waals surface area (Å²) in [7, 11) is 0. The first-order valence-electron chi connectivity index (χ1n) is 3.53.